The summed E-state index contributed by atoms with van der Waals surface area (Å²) in [6.07, 6.45) is 5.49. The normalized spacial score (nSPS) is 35.8. The van der Waals surface area contributed by atoms with Gasteiger partial charge < -0.3 is 10.6 Å². The largest absolute Gasteiger partial charge is 0.313 e. The van der Waals surface area contributed by atoms with Gasteiger partial charge in [-0.1, -0.05) is 6.42 Å². The average molecular weight is 186 g/mol. The zero-order valence-electron chi connectivity index (χ0n) is 8.11. The molecule has 1 atom stereocenters. The first-order chi connectivity index (χ1) is 6.29. The van der Waals surface area contributed by atoms with E-state index in [0.29, 0.717) is 19.1 Å². The minimum Gasteiger partial charge on any atom is -0.313 e. The molecule has 0 aromatic rings. The minimum atomic E-state index is -0.978. The molecule has 3 heteroatoms. The van der Waals surface area contributed by atoms with Gasteiger partial charge in [0, 0.05) is 19.1 Å². The summed E-state index contributed by atoms with van der Waals surface area (Å²) in [6.45, 7) is 2.06. The van der Waals surface area contributed by atoms with Gasteiger partial charge in [-0.15, -0.1) is 0 Å². The number of hydrogen-bond acceptors (Lipinski definition) is 2. The maximum absolute atomic E-state index is 14.0. The summed E-state index contributed by atoms with van der Waals surface area (Å²) >= 11 is 0. The molecule has 1 unspecified atom stereocenters. The molecule has 0 amide bonds. The van der Waals surface area contributed by atoms with Crippen molar-refractivity contribution >= 4 is 0 Å². The summed E-state index contributed by atoms with van der Waals surface area (Å²) in [5, 5.41) is 6.43. The smallest absolute Gasteiger partial charge is 0.135 e. The summed E-state index contributed by atoms with van der Waals surface area (Å²) in [6, 6.07) is 0.606. The Kier molecular flexibility index (Phi) is 2.84. The Morgan fingerprint density at radius 3 is 2.77 bits per heavy atom. The van der Waals surface area contributed by atoms with Crippen LogP contribution in [0, 0.1) is 0 Å². The first-order valence-corrected chi connectivity index (χ1v) is 5.42. The van der Waals surface area contributed by atoms with Crippen LogP contribution < -0.4 is 10.6 Å². The van der Waals surface area contributed by atoms with Crippen LogP contribution in [0.4, 0.5) is 4.39 Å². The highest BCUT2D eigenvalue weighted by molar-refractivity contribution is 4.90. The Hall–Kier alpha value is -0.150. The van der Waals surface area contributed by atoms with Gasteiger partial charge in [0.05, 0.1) is 0 Å². The number of rotatable bonds is 3. The maximum Gasteiger partial charge on any atom is 0.135 e. The maximum atomic E-state index is 14.0. The van der Waals surface area contributed by atoms with Gasteiger partial charge in [0.25, 0.3) is 0 Å². The van der Waals surface area contributed by atoms with Crippen LogP contribution in [-0.4, -0.2) is 31.3 Å². The van der Waals surface area contributed by atoms with E-state index in [2.05, 4.69) is 10.6 Å². The molecular weight excluding hydrogens is 167 g/mol. The second-order valence-corrected chi connectivity index (χ2v) is 4.44. The first-order valence-electron chi connectivity index (χ1n) is 5.42. The minimum absolute atomic E-state index is 0.534. The van der Waals surface area contributed by atoms with Gasteiger partial charge in [0.2, 0.25) is 0 Å². The van der Waals surface area contributed by atoms with Crippen LogP contribution in [0.15, 0.2) is 0 Å². The number of hydrogen-bond donors (Lipinski definition) is 2. The first kappa shape index (κ1) is 9.41. The van der Waals surface area contributed by atoms with E-state index in [1.54, 1.807) is 0 Å². The molecule has 0 spiro atoms. The summed E-state index contributed by atoms with van der Waals surface area (Å²) in [5.41, 5.74) is -0.978. The molecule has 13 heavy (non-hydrogen) atoms. The van der Waals surface area contributed by atoms with E-state index in [4.69, 9.17) is 0 Å². The van der Waals surface area contributed by atoms with E-state index < -0.39 is 5.67 Å². The standard InChI is InChI=1S/C10H19FN2/c11-10(5-2-6-12-7-10)8-13-9-3-1-4-9/h9,12-13H,1-8H2. The summed E-state index contributed by atoms with van der Waals surface area (Å²) < 4.78 is 14.0. The molecule has 1 aliphatic heterocycles. The second-order valence-electron chi connectivity index (χ2n) is 4.44. The summed E-state index contributed by atoms with van der Waals surface area (Å²) in [4.78, 5) is 0. The lowest BCUT2D eigenvalue weighted by Gasteiger charge is -2.34. The predicted molar refractivity (Wildman–Crippen MR) is 51.6 cm³/mol. The molecule has 1 heterocycles. The highest BCUT2D eigenvalue weighted by atomic mass is 19.1. The van der Waals surface area contributed by atoms with Gasteiger partial charge >= 0.3 is 0 Å². The van der Waals surface area contributed by atoms with Crippen LogP contribution in [0.5, 0.6) is 0 Å². The Labute approximate surface area is 79.3 Å². The predicted octanol–water partition coefficient (Wildman–Crippen LogP) is 1.22. The fourth-order valence-corrected chi connectivity index (χ4v) is 2.02. The molecule has 1 aliphatic carbocycles. The quantitative estimate of drug-likeness (QED) is 0.692. The van der Waals surface area contributed by atoms with Crippen molar-refractivity contribution in [3.63, 3.8) is 0 Å². The molecule has 0 radical (unpaired) electrons. The van der Waals surface area contributed by atoms with Crippen LogP contribution >= 0.6 is 0 Å². The Morgan fingerprint density at radius 2 is 2.23 bits per heavy atom. The van der Waals surface area contributed by atoms with Crippen molar-refractivity contribution in [3.8, 4) is 0 Å². The lowest BCUT2D eigenvalue weighted by molar-refractivity contribution is 0.110. The molecule has 1 saturated heterocycles. The summed E-state index contributed by atoms with van der Waals surface area (Å²) in [5.74, 6) is 0. The van der Waals surface area contributed by atoms with E-state index in [1.807, 2.05) is 0 Å². The number of halogens is 1. The zero-order valence-corrected chi connectivity index (χ0v) is 8.11. The molecule has 76 valence electrons. The molecule has 2 nitrogen and oxygen atoms in total. The van der Waals surface area contributed by atoms with Crippen LogP contribution in [-0.2, 0) is 0 Å². The number of nitrogens with one attached hydrogen (secondary N) is 2. The van der Waals surface area contributed by atoms with E-state index >= 15 is 0 Å². The lowest BCUT2D eigenvalue weighted by Crippen LogP contribution is -2.51. The second kappa shape index (κ2) is 3.93. The van der Waals surface area contributed by atoms with E-state index in [-0.39, 0.29) is 0 Å². The van der Waals surface area contributed by atoms with Gasteiger partial charge in [-0.2, -0.15) is 0 Å². The lowest BCUT2D eigenvalue weighted by atomic mass is 9.91. The molecule has 2 rings (SSSR count). The number of piperidine rings is 1. The molecule has 2 fully saturated rings. The highest BCUT2D eigenvalue weighted by Gasteiger charge is 2.32. The fourth-order valence-electron chi connectivity index (χ4n) is 2.02. The van der Waals surface area contributed by atoms with Gasteiger partial charge in [0.15, 0.2) is 0 Å². The average Bonchev–Trinajstić information content (AvgIpc) is 2.02. The highest BCUT2D eigenvalue weighted by Crippen LogP contribution is 2.23. The third-order valence-corrected chi connectivity index (χ3v) is 3.23. The number of alkyl halides is 1. The van der Waals surface area contributed by atoms with Crippen molar-refractivity contribution in [1.29, 1.82) is 0 Å². The van der Waals surface area contributed by atoms with Gasteiger partial charge in [-0.25, -0.2) is 4.39 Å². The topological polar surface area (TPSA) is 24.1 Å². The van der Waals surface area contributed by atoms with Crippen LogP contribution in [0.2, 0.25) is 0 Å². The van der Waals surface area contributed by atoms with Gasteiger partial charge in [0.1, 0.15) is 5.67 Å². The van der Waals surface area contributed by atoms with Crippen molar-refractivity contribution in [3.05, 3.63) is 0 Å². The van der Waals surface area contributed by atoms with Gasteiger partial charge in [-0.05, 0) is 32.2 Å². The summed E-state index contributed by atoms with van der Waals surface area (Å²) in [7, 11) is 0. The SMILES string of the molecule is FC1(CNC2CCC2)CCCNC1. The Morgan fingerprint density at radius 1 is 1.38 bits per heavy atom. The third kappa shape index (κ3) is 2.41. The molecule has 0 aromatic heterocycles. The van der Waals surface area contributed by atoms with Crippen molar-refractivity contribution in [2.75, 3.05) is 19.6 Å². The third-order valence-electron chi connectivity index (χ3n) is 3.23. The van der Waals surface area contributed by atoms with Gasteiger partial charge in [-0.3, -0.25) is 0 Å². The van der Waals surface area contributed by atoms with Crippen LogP contribution in [0.1, 0.15) is 32.1 Å². The van der Waals surface area contributed by atoms with Crippen molar-refractivity contribution in [1.82, 2.24) is 10.6 Å². The van der Waals surface area contributed by atoms with Crippen molar-refractivity contribution < 1.29 is 4.39 Å². The fraction of sp³-hybridized carbons (Fsp3) is 1.00. The molecule has 2 N–H and O–H groups in total. The van der Waals surface area contributed by atoms with E-state index in [0.717, 1.165) is 19.4 Å². The van der Waals surface area contributed by atoms with Crippen molar-refractivity contribution in [2.45, 2.75) is 43.8 Å². The van der Waals surface area contributed by atoms with Crippen molar-refractivity contribution in [2.24, 2.45) is 0 Å². The molecular formula is C10H19FN2. The molecule has 0 bridgehead atoms. The Bertz CT molecular complexity index is 162. The molecule has 2 aliphatic rings. The molecule has 0 aromatic carbocycles. The molecule has 1 saturated carbocycles. The van der Waals surface area contributed by atoms with E-state index in [9.17, 15) is 4.39 Å². The van der Waals surface area contributed by atoms with Crippen LogP contribution in [0.25, 0.3) is 0 Å². The van der Waals surface area contributed by atoms with Crippen LogP contribution in [0.3, 0.4) is 0 Å². The zero-order chi connectivity index (χ0) is 9.15. The van der Waals surface area contributed by atoms with E-state index in [1.165, 1.54) is 19.3 Å². The Balaban J connectivity index is 1.71. The monoisotopic (exact) mass is 186 g/mol.